The number of benzene rings is 2. The molecule has 0 aliphatic carbocycles. The Kier molecular flexibility index (Phi) is 5.63. The van der Waals surface area contributed by atoms with E-state index in [0.29, 0.717) is 40.7 Å². The monoisotopic (exact) mass is 411 g/mol. The van der Waals surface area contributed by atoms with Crippen LogP contribution in [0.3, 0.4) is 0 Å². The first-order chi connectivity index (χ1) is 11.6. The van der Waals surface area contributed by atoms with Crippen molar-refractivity contribution in [1.82, 2.24) is 0 Å². The van der Waals surface area contributed by atoms with Gasteiger partial charge >= 0.3 is 0 Å². The largest absolute Gasteiger partial charge is 0.454 e. The summed E-state index contributed by atoms with van der Waals surface area (Å²) < 4.78 is 24.9. The first-order valence-electron chi connectivity index (χ1n) is 7.33. The summed E-state index contributed by atoms with van der Waals surface area (Å²) in [6.07, 6.45) is 0.358. The lowest BCUT2D eigenvalue weighted by atomic mass is 10.2. The summed E-state index contributed by atoms with van der Waals surface area (Å²) in [6.45, 7) is 0.204. The van der Waals surface area contributed by atoms with Gasteiger partial charge < -0.3 is 14.8 Å². The highest BCUT2D eigenvalue weighted by molar-refractivity contribution is 9.10. The number of hydrogen-bond donors (Lipinski definition) is 1. The molecule has 7 heteroatoms. The number of anilines is 1. The SMILES string of the molecule is O=C(CCSCc1ccc(Br)cc1F)Nc1ccc2c(c1)OCO2. The van der Waals surface area contributed by atoms with E-state index in [0.717, 1.165) is 4.47 Å². The van der Waals surface area contributed by atoms with Crippen LogP contribution in [0.15, 0.2) is 40.9 Å². The highest BCUT2D eigenvalue weighted by Gasteiger charge is 2.14. The minimum atomic E-state index is -0.235. The Hall–Kier alpha value is -1.73. The van der Waals surface area contributed by atoms with Gasteiger partial charge in [-0.3, -0.25) is 4.79 Å². The van der Waals surface area contributed by atoms with E-state index in [1.54, 1.807) is 24.3 Å². The molecule has 1 N–H and O–H groups in total. The predicted octanol–water partition coefficient (Wildman–Crippen LogP) is 4.58. The number of hydrogen-bond acceptors (Lipinski definition) is 4. The van der Waals surface area contributed by atoms with Gasteiger partial charge in [0.1, 0.15) is 5.82 Å². The van der Waals surface area contributed by atoms with Crippen molar-refractivity contribution in [1.29, 1.82) is 0 Å². The molecule has 3 rings (SSSR count). The van der Waals surface area contributed by atoms with E-state index < -0.39 is 0 Å². The standard InChI is InChI=1S/C17H15BrFNO3S/c18-12-2-1-11(14(19)7-12)9-24-6-5-17(21)20-13-3-4-15-16(8-13)23-10-22-15/h1-4,7-8H,5-6,9-10H2,(H,20,21). The molecule has 0 saturated heterocycles. The van der Waals surface area contributed by atoms with E-state index in [1.165, 1.54) is 17.8 Å². The summed E-state index contributed by atoms with van der Waals surface area (Å²) in [5.74, 6) is 2.15. The molecule has 0 fully saturated rings. The lowest BCUT2D eigenvalue weighted by Crippen LogP contribution is -2.12. The Labute approximate surface area is 151 Å². The average molecular weight is 412 g/mol. The number of amides is 1. The maximum atomic E-state index is 13.7. The Morgan fingerprint density at radius 1 is 1.21 bits per heavy atom. The second-order valence-electron chi connectivity index (χ2n) is 5.15. The molecule has 0 spiro atoms. The molecule has 4 nitrogen and oxygen atoms in total. The molecule has 24 heavy (non-hydrogen) atoms. The van der Waals surface area contributed by atoms with Gasteiger partial charge in [0, 0.05) is 34.2 Å². The van der Waals surface area contributed by atoms with Gasteiger partial charge in [-0.25, -0.2) is 4.39 Å². The predicted molar refractivity (Wildman–Crippen MR) is 96.1 cm³/mol. The Balaban J connectivity index is 1.42. The van der Waals surface area contributed by atoms with Gasteiger partial charge in [-0.1, -0.05) is 22.0 Å². The minimum Gasteiger partial charge on any atom is -0.454 e. The summed E-state index contributed by atoms with van der Waals surface area (Å²) in [7, 11) is 0. The first kappa shape index (κ1) is 17.1. The normalized spacial score (nSPS) is 12.2. The zero-order chi connectivity index (χ0) is 16.9. The first-order valence-corrected chi connectivity index (χ1v) is 9.28. The van der Waals surface area contributed by atoms with Crippen LogP contribution in [0.2, 0.25) is 0 Å². The third-order valence-corrected chi connectivity index (χ3v) is 4.90. The number of ether oxygens (including phenoxy) is 2. The summed E-state index contributed by atoms with van der Waals surface area (Å²) in [4.78, 5) is 12.0. The van der Waals surface area contributed by atoms with Crippen molar-refractivity contribution < 1.29 is 18.7 Å². The van der Waals surface area contributed by atoms with Crippen molar-refractivity contribution in [2.45, 2.75) is 12.2 Å². The molecule has 2 aromatic rings. The van der Waals surface area contributed by atoms with Gasteiger partial charge in [-0.15, -0.1) is 0 Å². The van der Waals surface area contributed by atoms with Crippen molar-refractivity contribution >= 4 is 39.3 Å². The molecule has 0 saturated carbocycles. The number of nitrogens with one attached hydrogen (secondary N) is 1. The van der Waals surface area contributed by atoms with Crippen molar-refractivity contribution in [2.24, 2.45) is 0 Å². The third-order valence-electron chi connectivity index (χ3n) is 3.40. The smallest absolute Gasteiger partial charge is 0.231 e. The van der Waals surface area contributed by atoms with Crippen LogP contribution in [0.5, 0.6) is 11.5 Å². The minimum absolute atomic E-state index is 0.0855. The van der Waals surface area contributed by atoms with Crippen molar-refractivity contribution in [2.75, 3.05) is 17.9 Å². The number of fused-ring (bicyclic) bond motifs is 1. The van der Waals surface area contributed by atoms with Crippen LogP contribution in [-0.2, 0) is 10.5 Å². The number of rotatable bonds is 6. The lowest BCUT2D eigenvalue weighted by molar-refractivity contribution is -0.115. The number of thioether (sulfide) groups is 1. The molecular formula is C17H15BrFNO3S. The van der Waals surface area contributed by atoms with E-state index in [9.17, 15) is 9.18 Å². The molecule has 126 valence electrons. The van der Waals surface area contributed by atoms with Gasteiger partial charge in [-0.05, 0) is 29.8 Å². The molecular weight excluding hydrogens is 397 g/mol. The fourth-order valence-electron chi connectivity index (χ4n) is 2.18. The molecule has 0 radical (unpaired) electrons. The van der Waals surface area contributed by atoms with E-state index in [-0.39, 0.29) is 18.5 Å². The van der Waals surface area contributed by atoms with Crippen molar-refractivity contribution in [3.05, 3.63) is 52.3 Å². The quantitative estimate of drug-likeness (QED) is 0.706. The van der Waals surface area contributed by atoms with Gasteiger partial charge in [0.05, 0.1) is 0 Å². The summed E-state index contributed by atoms with van der Waals surface area (Å²) in [6, 6.07) is 10.3. The van der Waals surface area contributed by atoms with Gasteiger partial charge in [0.15, 0.2) is 11.5 Å². The molecule has 0 bridgehead atoms. The topological polar surface area (TPSA) is 47.6 Å². The van der Waals surface area contributed by atoms with Crippen LogP contribution in [-0.4, -0.2) is 18.5 Å². The molecule has 0 unspecified atom stereocenters. The number of halogens is 2. The van der Waals surface area contributed by atoms with Gasteiger partial charge in [0.2, 0.25) is 12.7 Å². The van der Waals surface area contributed by atoms with Crippen LogP contribution in [0, 0.1) is 5.82 Å². The second-order valence-corrected chi connectivity index (χ2v) is 7.18. The summed E-state index contributed by atoms with van der Waals surface area (Å²) >= 11 is 4.76. The fraction of sp³-hybridized carbons (Fsp3) is 0.235. The van der Waals surface area contributed by atoms with Gasteiger partial charge in [0.25, 0.3) is 0 Å². The molecule has 1 aliphatic heterocycles. The average Bonchev–Trinajstić information content (AvgIpc) is 3.01. The zero-order valence-corrected chi connectivity index (χ0v) is 15.1. The number of carbonyl (C=O) groups excluding carboxylic acids is 1. The third kappa shape index (κ3) is 4.42. The van der Waals surface area contributed by atoms with Crippen LogP contribution in [0.4, 0.5) is 10.1 Å². The van der Waals surface area contributed by atoms with Crippen LogP contribution < -0.4 is 14.8 Å². The van der Waals surface area contributed by atoms with E-state index in [4.69, 9.17) is 9.47 Å². The molecule has 1 amide bonds. The highest BCUT2D eigenvalue weighted by atomic mass is 79.9. The lowest BCUT2D eigenvalue weighted by Gasteiger charge is -2.07. The van der Waals surface area contributed by atoms with Gasteiger partial charge in [-0.2, -0.15) is 11.8 Å². The van der Waals surface area contributed by atoms with Crippen LogP contribution in [0.1, 0.15) is 12.0 Å². The maximum absolute atomic E-state index is 13.7. The molecule has 1 aliphatic rings. The highest BCUT2D eigenvalue weighted by Crippen LogP contribution is 2.34. The Morgan fingerprint density at radius 2 is 2.04 bits per heavy atom. The Bertz CT molecular complexity index is 757. The second kappa shape index (κ2) is 7.90. The summed E-state index contributed by atoms with van der Waals surface area (Å²) in [5, 5.41) is 2.82. The van der Waals surface area contributed by atoms with Crippen molar-refractivity contribution in [3.8, 4) is 11.5 Å². The molecule has 0 aromatic heterocycles. The van der Waals surface area contributed by atoms with E-state index in [2.05, 4.69) is 21.2 Å². The molecule has 0 atom stereocenters. The zero-order valence-electron chi connectivity index (χ0n) is 12.7. The molecule has 1 heterocycles. The van der Waals surface area contributed by atoms with Crippen LogP contribution >= 0.6 is 27.7 Å². The summed E-state index contributed by atoms with van der Waals surface area (Å²) in [5.41, 5.74) is 1.31. The van der Waals surface area contributed by atoms with E-state index in [1.807, 2.05) is 6.07 Å². The maximum Gasteiger partial charge on any atom is 0.231 e. The number of carbonyl (C=O) groups is 1. The Morgan fingerprint density at radius 3 is 2.88 bits per heavy atom. The van der Waals surface area contributed by atoms with Crippen LogP contribution in [0.25, 0.3) is 0 Å². The van der Waals surface area contributed by atoms with Crippen molar-refractivity contribution in [3.63, 3.8) is 0 Å². The molecule has 2 aromatic carbocycles. The fourth-order valence-corrected chi connectivity index (χ4v) is 3.44. The van der Waals surface area contributed by atoms with E-state index >= 15 is 0 Å².